The fourth-order valence-corrected chi connectivity index (χ4v) is 1.68. The molecule has 5 nitrogen and oxygen atoms in total. The monoisotopic (exact) mass is 230 g/mol. The standard InChI is InChI=1S/C12H14N4O/c13-9-11-12(16-6-5-14-11)15-4-1-10-2-7-17-8-3-10/h2,5-6H,1,3-4,7-8H2,(H,15,16). The maximum absolute atomic E-state index is 8.85. The highest BCUT2D eigenvalue weighted by molar-refractivity contribution is 5.46. The first-order valence-corrected chi connectivity index (χ1v) is 5.61. The zero-order valence-corrected chi connectivity index (χ0v) is 9.52. The summed E-state index contributed by atoms with van der Waals surface area (Å²) in [5, 5.41) is 12.0. The molecular formula is C12H14N4O. The van der Waals surface area contributed by atoms with Crippen LogP contribution in [0.15, 0.2) is 24.0 Å². The minimum atomic E-state index is 0.341. The summed E-state index contributed by atoms with van der Waals surface area (Å²) in [4.78, 5) is 8.03. The van der Waals surface area contributed by atoms with Crippen molar-refractivity contribution in [2.75, 3.05) is 25.1 Å². The van der Waals surface area contributed by atoms with E-state index in [-0.39, 0.29) is 0 Å². The summed E-state index contributed by atoms with van der Waals surface area (Å²) >= 11 is 0. The lowest BCUT2D eigenvalue weighted by atomic mass is 10.1. The molecule has 2 rings (SSSR count). The van der Waals surface area contributed by atoms with E-state index < -0.39 is 0 Å². The second-order valence-corrected chi connectivity index (χ2v) is 3.73. The predicted molar refractivity (Wildman–Crippen MR) is 63.4 cm³/mol. The molecule has 0 fully saturated rings. The average molecular weight is 230 g/mol. The average Bonchev–Trinajstić information content (AvgIpc) is 2.40. The summed E-state index contributed by atoms with van der Waals surface area (Å²) in [6.45, 7) is 2.28. The van der Waals surface area contributed by atoms with Crippen LogP contribution in [0.4, 0.5) is 5.82 Å². The maximum Gasteiger partial charge on any atom is 0.182 e. The van der Waals surface area contributed by atoms with Gasteiger partial charge in [0.25, 0.3) is 0 Å². The van der Waals surface area contributed by atoms with Crippen LogP contribution in [0.1, 0.15) is 18.5 Å². The van der Waals surface area contributed by atoms with Crippen LogP contribution in [0.5, 0.6) is 0 Å². The van der Waals surface area contributed by atoms with Crippen molar-refractivity contribution in [1.29, 1.82) is 5.26 Å². The van der Waals surface area contributed by atoms with Crippen molar-refractivity contribution in [1.82, 2.24) is 9.97 Å². The van der Waals surface area contributed by atoms with Gasteiger partial charge in [-0.05, 0) is 12.8 Å². The minimum absolute atomic E-state index is 0.341. The summed E-state index contributed by atoms with van der Waals surface area (Å²) in [5.74, 6) is 0.558. The molecule has 5 heteroatoms. The normalized spacial score (nSPS) is 14.9. The van der Waals surface area contributed by atoms with Crippen LogP contribution in [0.2, 0.25) is 0 Å². The van der Waals surface area contributed by atoms with Crippen LogP contribution in [0, 0.1) is 11.3 Å². The van der Waals surface area contributed by atoms with Gasteiger partial charge in [-0.25, -0.2) is 9.97 Å². The van der Waals surface area contributed by atoms with Crippen molar-refractivity contribution in [3.63, 3.8) is 0 Å². The van der Waals surface area contributed by atoms with Crippen LogP contribution in [-0.2, 0) is 4.74 Å². The van der Waals surface area contributed by atoms with Gasteiger partial charge in [-0.15, -0.1) is 0 Å². The molecule has 1 aliphatic rings. The van der Waals surface area contributed by atoms with E-state index >= 15 is 0 Å². The maximum atomic E-state index is 8.85. The first-order chi connectivity index (χ1) is 8.40. The molecule has 88 valence electrons. The Morgan fingerprint density at radius 2 is 2.29 bits per heavy atom. The van der Waals surface area contributed by atoms with Gasteiger partial charge in [-0.3, -0.25) is 0 Å². The molecule has 0 saturated heterocycles. The lowest BCUT2D eigenvalue weighted by molar-refractivity contribution is 0.153. The van der Waals surface area contributed by atoms with Crippen molar-refractivity contribution < 1.29 is 4.74 Å². The van der Waals surface area contributed by atoms with Crippen molar-refractivity contribution in [3.8, 4) is 6.07 Å². The largest absolute Gasteiger partial charge is 0.377 e. The van der Waals surface area contributed by atoms with Crippen molar-refractivity contribution in [3.05, 3.63) is 29.7 Å². The summed E-state index contributed by atoms with van der Waals surface area (Å²) in [6, 6.07) is 2.01. The Kier molecular flexibility index (Phi) is 4.05. The van der Waals surface area contributed by atoms with Gasteiger partial charge >= 0.3 is 0 Å². The van der Waals surface area contributed by atoms with Gasteiger partial charge in [0.2, 0.25) is 0 Å². The first-order valence-electron chi connectivity index (χ1n) is 5.61. The number of anilines is 1. The molecule has 0 radical (unpaired) electrons. The SMILES string of the molecule is N#Cc1nccnc1NCCC1=CCOCC1. The van der Waals surface area contributed by atoms with Gasteiger partial charge in [0.1, 0.15) is 6.07 Å². The quantitative estimate of drug-likeness (QED) is 0.793. The number of hydrogen-bond acceptors (Lipinski definition) is 5. The third-order valence-electron chi connectivity index (χ3n) is 2.60. The van der Waals surface area contributed by atoms with E-state index in [9.17, 15) is 0 Å². The van der Waals surface area contributed by atoms with E-state index in [2.05, 4.69) is 21.4 Å². The predicted octanol–water partition coefficient (Wildman–Crippen LogP) is 1.50. The highest BCUT2D eigenvalue weighted by Crippen LogP contribution is 2.13. The molecule has 1 aromatic heterocycles. The molecule has 0 aliphatic carbocycles. The Bertz CT molecular complexity index is 450. The Balaban J connectivity index is 1.86. The third-order valence-corrected chi connectivity index (χ3v) is 2.60. The molecule has 0 bridgehead atoms. The van der Waals surface area contributed by atoms with Gasteiger partial charge in [-0.1, -0.05) is 11.6 Å². The fraction of sp³-hybridized carbons (Fsp3) is 0.417. The van der Waals surface area contributed by atoms with E-state index in [1.165, 1.54) is 11.8 Å². The molecule has 2 heterocycles. The van der Waals surface area contributed by atoms with Crippen molar-refractivity contribution >= 4 is 5.82 Å². The molecule has 1 aliphatic heterocycles. The molecule has 1 N–H and O–H groups in total. The Morgan fingerprint density at radius 3 is 3.06 bits per heavy atom. The number of hydrogen-bond donors (Lipinski definition) is 1. The number of nitrogens with zero attached hydrogens (tertiary/aromatic N) is 3. The molecular weight excluding hydrogens is 216 g/mol. The van der Waals surface area contributed by atoms with Gasteiger partial charge in [0.15, 0.2) is 11.5 Å². The second-order valence-electron chi connectivity index (χ2n) is 3.73. The lowest BCUT2D eigenvalue weighted by Gasteiger charge is -2.13. The highest BCUT2D eigenvalue weighted by Gasteiger charge is 2.05. The van der Waals surface area contributed by atoms with Gasteiger partial charge < -0.3 is 10.1 Å². The number of rotatable bonds is 4. The van der Waals surface area contributed by atoms with Crippen LogP contribution >= 0.6 is 0 Å². The summed E-state index contributed by atoms with van der Waals surface area (Å²) in [6.07, 6.45) is 7.16. The third kappa shape index (κ3) is 3.26. The molecule has 0 unspecified atom stereocenters. The number of nitriles is 1. The summed E-state index contributed by atoms with van der Waals surface area (Å²) < 4.78 is 5.24. The smallest absolute Gasteiger partial charge is 0.182 e. The Hall–Kier alpha value is -1.93. The molecule has 0 atom stereocenters. The van der Waals surface area contributed by atoms with Gasteiger partial charge in [0, 0.05) is 18.9 Å². The summed E-state index contributed by atoms with van der Waals surface area (Å²) in [7, 11) is 0. The first kappa shape index (κ1) is 11.6. The highest BCUT2D eigenvalue weighted by atomic mass is 16.5. The molecule has 1 aromatic rings. The second kappa shape index (κ2) is 5.97. The molecule has 0 saturated carbocycles. The molecule has 0 amide bonds. The number of nitrogens with one attached hydrogen (secondary N) is 1. The van der Waals surface area contributed by atoms with Crippen LogP contribution < -0.4 is 5.32 Å². The minimum Gasteiger partial charge on any atom is -0.377 e. The molecule has 0 spiro atoms. The zero-order chi connectivity index (χ0) is 11.9. The molecule has 17 heavy (non-hydrogen) atoms. The lowest BCUT2D eigenvalue weighted by Crippen LogP contribution is -2.10. The van der Waals surface area contributed by atoms with E-state index in [0.717, 1.165) is 26.0 Å². The Labute approximate surface area is 100 Å². The van der Waals surface area contributed by atoms with Crippen molar-refractivity contribution in [2.24, 2.45) is 0 Å². The van der Waals surface area contributed by atoms with Crippen LogP contribution in [0.25, 0.3) is 0 Å². The van der Waals surface area contributed by atoms with E-state index in [1.807, 2.05) is 6.07 Å². The number of ether oxygens (including phenoxy) is 1. The van der Waals surface area contributed by atoms with Crippen molar-refractivity contribution in [2.45, 2.75) is 12.8 Å². The zero-order valence-electron chi connectivity index (χ0n) is 9.52. The Morgan fingerprint density at radius 1 is 1.41 bits per heavy atom. The van der Waals surface area contributed by atoms with E-state index in [0.29, 0.717) is 18.1 Å². The van der Waals surface area contributed by atoms with E-state index in [1.54, 1.807) is 6.20 Å². The topological polar surface area (TPSA) is 70.8 Å². The fourth-order valence-electron chi connectivity index (χ4n) is 1.68. The van der Waals surface area contributed by atoms with Crippen LogP contribution in [0.3, 0.4) is 0 Å². The van der Waals surface area contributed by atoms with E-state index in [4.69, 9.17) is 10.00 Å². The van der Waals surface area contributed by atoms with Gasteiger partial charge in [-0.2, -0.15) is 5.26 Å². The molecule has 0 aromatic carbocycles. The van der Waals surface area contributed by atoms with Gasteiger partial charge in [0.05, 0.1) is 13.2 Å². The number of aromatic nitrogens is 2. The van der Waals surface area contributed by atoms with Crippen LogP contribution in [-0.4, -0.2) is 29.7 Å². The summed E-state index contributed by atoms with van der Waals surface area (Å²) in [5.41, 5.74) is 1.74.